The minimum Gasteiger partial charge on any atom is -0.506 e. The molecule has 3 aromatic carbocycles. The lowest BCUT2D eigenvalue weighted by molar-refractivity contribution is -0.140. The number of hydrogen-bond donors (Lipinski definition) is 3. The molecule has 3 aliphatic rings. The first-order valence-electron chi connectivity index (χ1n) is 15.2. The lowest BCUT2D eigenvalue weighted by Gasteiger charge is -2.12. The zero-order chi connectivity index (χ0) is 34.9. The number of phenols is 1. The third-order valence-electron chi connectivity index (χ3n) is 9.35. The number of aromatic nitrogens is 2. The molecule has 250 valence electrons. The molecule has 0 amide bonds. The quantitative estimate of drug-likeness (QED) is 0.0896. The van der Waals surface area contributed by atoms with Crippen molar-refractivity contribution in [2.45, 2.75) is 68.6 Å². The summed E-state index contributed by atoms with van der Waals surface area (Å²) in [7, 11) is 14.8. The zero-order valence-electron chi connectivity index (χ0n) is 26.2. The van der Waals surface area contributed by atoms with Crippen molar-refractivity contribution < 1.29 is 33.4 Å². The molecule has 0 aliphatic heterocycles. The van der Waals surface area contributed by atoms with Gasteiger partial charge in [0.15, 0.2) is 24.0 Å². The van der Waals surface area contributed by atoms with Gasteiger partial charge >= 0.3 is 17.4 Å². The van der Waals surface area contributed by atoms with Crippen molar-refractivity contribution >= 4 is 87.0 Å². The fraction of sp³-hybridized carbons (Fsp3) is 0.324. The van der Waals surface area contributed by atoms with E-state index in [-0.39, 0.29) is 28.1 Å². The fourth-order valence-electron chi connectivity index (χ4n) is 5.85. The molecule has 0 radical (unpaired) electrons. The van der Waals surface area contributed by atoms with Gasteiger partial charge in [0.1, 0.15) is 28.3 Å². The van der Waals surface area contributed by atoms with Gasteiger partial charge < -0.3 is 24.8 Å². The third kappa shape index (κ3) is 7.51. The fourth-order valence-corrected chi connectivity index (χ4v) is 5.85. The van der Waals surface area contributed by atoms with Gasteiger partial charge in [-0.2, -0.15) is 0 Å². The van der Waals surface area contributed by atoms with E-state index < -0.39 is 22.8 Å². The minimum absolute atomic E-state index is 0.0769. The van der Waals surface area contributed by atoms with Crippen molar-refractivity contribution in [1.29, 1.82) is 0 Å². The summed E-state index contributed by atoms with van der Waals surface area (Å²) < 4.78 is 10.3. The Morgan fingerprint density at radius 3 is 1.44 bits per heavy atom. The number of fused-ring (bicyclic) bond motifs is 2. The number of nitrogens with two attached hydrogens (primary N) is 1. The molecule has 0 atom stereocenters. The van der Waals surface area contributed by atoms with Crippen LogP contribution in [-0.4, -0.2) is 49.1 Å². The number of aliphatic carboxylic acids is 1. The zero-order valence-corrected chi connectivity index (χ0v) is 29.6. The summed E-state index contributed by atoms with van der Waals surface area (Å²) >= 11 is -1.72. The first-order valence-corrected chi connectivity index (χ1v) is 20.4. The largest absolute Gasteiger partial charge is 0.643 e. The number of Topliss-reactive ketones (excluding diaryl/α,β-unsaturated/α-hetero) is 2. The molecule has 2 heterocycles. The van der Waals surface area contributed by atoms with Crippen LogP contribution in [0.3, 0.4) is 0 Å². The summed E-state index contributed by atoms with van der Waals surface area (Å²) in [6, 6.07) is 16.3. The predicted octanol–water partition coefficient (Wildman–Crippen LogP) is 7.68. The Hall–Kier alpha value is -3.59. The lowest BCUT2D eigenvalue weighted by Crippen LogP contribution is -2.19. The van der Waals surface area contributed by atoms with Gasteiger partial charge in [0, 0.05) is 0 Å². The summed E-state index contributed by atoms with van der Waals surface area (Å²) in [5.74, 6) is -0.230. The van der Waals surface area contributed by atoms with Gasteiger partial charge in [-0.15, -0.1) is 0 Å². The number of phenolic OH excluding ortho intramolecular Hbond substituents is 1. The van der Waals surface area contributed by atoms with Gasteiger partial charge in [0.05, 0.1) is 21.9 Å². The number of ketones is 2. The number of halogens is 3. The highest BCUT2D eigenvalue weighted by Crippen LogP contribution is 2.51. The van der Waals surface area contributed by atoms with E-state index in [4.69, 9.17) is 49.8 Å². The smallest absolute Gasteiger partial charge is 0.506 e. The number of benzene rings is 3. The van der Waals surface area contributed by atoms with Gasteiger partial charge in [0.25, 0.3) is 0 Å². The standard InChI is InChI=1S/C12H11NO2.C11H9NO3.C11H13NO2.Al.3ClH/c1-8(14)12(4-5-12)9-2-3-11-10(6-9)13-7-15-11;13-10(14)11(3-4-11)7-1-2-9-8(5-7)12-6-15-9;1-7(13)11(4-5-11)8-2-3-10(14)9(12)6-8;;;;/h2-3,6-7H,4-5H2,1H3;1-2,5-6H,3-4H2,(H,13,14);2-3,6,14H,4-5,12H2,1H3;;3*1H/q;;;+3;;;/p-3. The molecule has 8 rings (SSSR count). The van der Waals surface area contributed by atoms with Crippen molar-refractivity contribution in [2.75, 3.05) is 5.73 Å². The molecule has 3 aliphatic carbocycles. The van der Waals surface area contributed by atoms with E-state index in [1.54, 1.807) is 44.2 Å². The molecule has 10 nitrogen and oxygen atoms in total. The number of aromatic hydroxyl groups is 1. The second kappa shape index (κ2) is 14.1. The number of anilines is 1. The van der Waals surface area contributed by atoms with Crippen LogP contribution in [-0.2, 0) is 30.6 Å². The molecule has 48 heavy (non-hydrogen) atoms. The predicted molar refractivity (Wildman–Crippen MR) is 186 cm³/mol. The molecule has 3 saturated carbocycles. The van der Waals surface area contributed by atoms with Crippen molar-refractivity contribution in [1.82, 2.24) is 9.97 Å². The molecule has 2 aromatic heterocycles. The first-order chi connectivity index (χ1) is 22.7. The third-order valence-corrected chi connectivity index (χ3v) is 9.35. The van der Waals surface area contributed by atoms with Crippen LogP contribution in [0.4, 0.5) is 5.69 Å². The maximum absolute atomic E-state index is 11.6. The van der Waals surface area contributed by atoms with E-state index >= 15 is 0 Å². The maximum atomic E-state index is 11.6. The Balaban J connectivity index is 0.000000133. The SMILES string of the molecule is CC(=O)C1(c2ccc(O)c(N)c2)CC1.CC(=O)C1(c2ccc3ocnc3c2)CC1.O=C(O)C1(c2ccc3ocnc3c2)CC1.[Cl][Al]([Cl])[Cl]. The number of carbonyl (C=O) groups excluding carboxylic acids is 2. The Labute approximate surface area is 293 Å². The monoisotopic (exact) mass is 727 g/mol. The number of hydrogen-bond acceptors (Lipinski definition) is 9. The highest BCUT2D eigenvalue weighted by atomic mass is 35.8. The number of nitrogens with zero attached hydrogens (tertiary/aromatic N) is 2. The number of carboxylic acids is 1. The number of rotatable bonds is 6. The normalized spacial score (nSPS) is 16.9. The average molecular weight is 729 g/mol. The van der Waals surface area contributed by atoms with Crippen molar-refractivity contribution in [3.63, 3.8) is 0 Å². The second-order valence-corrected chi connectivity index (χ2v) is 18.7. The Morgan fingerprint density at radius 1 is 0.708 bits per heavy atom. The topological polar surface area (TPSA) is 170 Å². The van der Waals surface area contributed by atoms with Crippen LogP contribution in [0.2, 0.25) is 0 Å². The van der Waals surface area contributed by atoms with Crippen molar-refractivity contribution in [3.05, 3.63) is 84.1 Å². The molecule has 0 spiro atoms. The number of carboxylic acid groups (broad SMARTS) is 1. The van der Waals surface area contributed by atoms with E-state index in [1.165, 1.54) is 12.8 Å². The maximum Gasteiger partial charge on any atom is 0.643 e. The number of nitrogen functional groups attached to an aromatic ring is 1. The van der Waals surface area contributed by atoms with Gasteiger partial charge in [-0.25, -0.2) is 40.1 Å². The summed E-state index contributed by atoms with van der Waals surface area (Å²) in [4.78, 5) is 42.2. The molecular formula is C34H33AlCl3N3O7. The highest BCUT2D eigenvalue weighted by Gasteiger charge is 2.52. The van der Waals surface area contributed by atoms with E-state index in [9.17, 15) is 19.5 Å². The molecule has 4 N–H and O–H groups in total. The molecule has 5 aromatic rings. The number of carbonyl (C=O) groups is 3. The minimum atomic E-state index is -1.72. The molecule has 0 unspecified atom stereocenters. The van der Waals surface area contributed by atoms with E-state index in [0.29, 0.717) is 24.1 Å². The number of oxazole rings is 2. The Morgan fingerprint density at radius 2 is 1.08 bits per heavy atom. The molecular weight excluding hydrogens is 696 g/mol. The van der Waals surface area contributed by atoms with Crippen LogP contribution in [0.25, 0.3) is 22.2 Å². The van der Waals surface area contributed by atoms with Gasteiger partial charge in [0.2, 0.25) is 0 Å². The molecule has 0 bridgehead atoms. The van der Waals surface area contributed by atoms with Gasteiger partial charge in [-0.05, 0) is 105 Å². The molecule has 3 fully saturated rings. The highest BCUT2D eigenvalue weighted by molar-refractivity contribution is 7.54. The summed E-state index contributed by atoms with van der Waals surface area (Å²) in [6.45, 7) is 3.27. The van der Waals surface area contributed by atoms with Crippen molar-refractivity contribution in [3.8, 4) is 5.75 Å². The van der Waals surface area contributed by atoms with Gasteiger partial charge in [-0.3, -0.25) is 14.4 Å². The van der Waals surface area contributed by atoms with Crippen LogP contribution >= 0.6 is 30.1 Å². The average Bonchev–Trinajstić information content (AvgIpc) is 3.98. The van der Waals surface area contributed by atoms with E-state index in [2.05, 4.69) is 9.97 Å². The van der Waals surface area contributed by atoms with Gasteiger partial charge in [-0.1, -0.05) is 18.2 Å². The Kier molecular flexibility index (Phi) is 10.5. The summed E-state index contributed by atoms with van der Waals surface area (Å²) in [5.41, 5.74) is 10.6. The van der Waals surface area contributed by atoms with Crippen molar-refractivity contribution in [2.24, 2.45) is 0 Å². The summed E-state index contributed by atoms with van der Waals surface area (Å²) in [6.07, 6.45) is 7.95. The first kappa shape index (κ1) is 35.7. The van der Waals surface area contributed by atoms with Crippen LogP contribution in [0.15, 0.2) is 76.2 Å². The molecule has 14 heteroatoms. The van der Waals surface area contributed by atoms with Crippen LogP contribution < -0.4 is 5.73 Å². The van der Waals surface area contributed by atoms with E-state index in [1.807, 2.05) is 24.3 Å². The van der Waals surface area contributed by atoms with E-state index in [0.717, 1.165) is 59.0 Å². The second-order valence-electron chi connectivity index (χ2n) is 12.3. The molecule has 0 saturated heterocycles. The summed E-state index contributed by atoms with van der Waals surface area (Å²) in [5, 5.41) is 18.4. The van der Waals surface area contributed by atoms with Crippen LogP contribution in [0.5, 0.6) is 5.75 Å². The lowest BCUT2D eigenvalue weighted by atomic mass is 9.92. The Bertz CT molecular complexity index is 1880. The van der Waals surface area contributed by atoms with Crippen LogP contribution in [0, 0.1) is 0 Å². The van der Waals surface area contributed by atoms with Crippen LogP contribution in [0.1, 0.15) is 69.1 Å².